The van der Waals surface area contributed by atoms with E-state index in [0.29, 0.717) is 5.92 Å². The van der Waals surface area contributed by atoms with Gasteiger partial charge in [0.1, 0.15) is 0 Å². The van der Waals surface area contributed by atoms with E-state index in [0.717, 1.165) is 18.9 Å². The Kier molecular flexibility index (Phi) is 4.26. The highest BCUT2D eigenvalue weighted by atomic mass is 35.5. The van der Waals surface area contributed by atoms with E-state index < -0.39 is 0 Å². The zero-order valence-corrected chi connectivity index (χ0v) is 9.75. The van der Waals surface area contributed by atoms with Gasteiger partial charge in [0.25, 0.3) is 0 Å². The third-order valence-corrected chi connectivity index (χ3v) is 2.36. The lowest BCUT2D eigenvalue weighted by atomic mass is 10.1. The maximum absolute atomic E-state index is 6.15. The Labute approximate surface area is 90.5 Å². The molecule has 80 valence electrons. The minimum absolute atomic E-state index is 0.173. The maximum atomic E-state index is 6.15. The largest absolute Gasteiger partial charge is 0.354 e. The third-order valence-electron chi connectivity index (χ3n) is 2.03. The molecule has 1 unspecified atom stereocenters. The van der Waals surface area contributed by atoms with E-state index in [2.05, 4.69) is 24.1 Å². The van der Waals surface area contributed by atoms with Gasteiger partial charge >= 0.3 is 0 Å². The van der Waals surface area contributed by atoms with E-state index in [4.69, 9.17) is 11.6 Å². The van der Waals surface area contributed by atoms with Gasteiger partial charge in [0.15, 0.2) is 0 Å². The van der Waals surface area contributed by atoms with Gasteiger partial charge in [-0.2, -0.15) is 0 Å². The van der Waals surface area contributed by atoms with Gasteiger partial charge in [-0.3, -0.25) is 0 Å². The van der Waals surface area contributed by atoms with Gasteiger partial charge in [-0.25, -0.2) is 4.98 Å². The van der Waals surface area contributed by atoms with Crippen molar-refractivity contribution in [2.45, 2.75) is 25.6 Å². The standard InChI is InChI=1S/C10H18ClN3/c1-8(2)6-9(11)7-13-10-12-4-5-14(10)3/h4-5,8-9H,6-7H2,1-3H3,(H,12,13). The quantitative estimate of drug-likeness (QED) is 0.765. The molecule has 1 aromatic rings. The first-order valence-electron chi connectivity index (χ1n) is 4.95. The Balaban J connectivity index is 2.30. The molecule has 1 heterocycles. The zero-order valence-electron chi connectivity index (χ0n) is 9.00. The molecule has 0 fully saturated rings. The summed E-state index contributed by atoms with van der Waals surface area (Å²) in [6.45, 7) is 5.12. The number of halogens is 1. The molecule has 0 aliphatic carbocycles. The van der Waals surface area contributed by atoms with Crippen LogP contribution in [0.5, 0.6) is 0 Å². The Morgan fingerprint density at radius 1 is 1.57 bits per heavy atom. The van der Waals surface area contributed by atoms with Crippen LogP contribution in [0.25, 0.3) is 0 Å². The summed E-state index contributed by atoms with van der Waals surface area (Å²) in [5.41, 5.74) is 0. The predicted molar refractivity (Wildman–Crippen MR) is 60.8 cm³/mol. The Morgan fingerprint density at radius 2 is 2.29 bits per heavy atom. The molecule has 0 saturated carbocycles. The number of hydrogen-bond acceptors (Lipinski definition) is 2. The van der Waals surface area contributed by atoms with Crippen LogP contribution in [0.4, 0.5) is 5.95 Å². The van der Waals surface area contributed by atoms with E-state index in [-0.39, 0.29) is 5.38 Å². The fraction of sp³-hybridized carbons (Fsp3) is 0.700. The van der Waals surface area contributed by atoms with Gasteiger partial charge in [0, 0.05) is 26.0 Å². The smallest absolute Gasteiger partial charge is 0.202 e. The van der Waals surface area contributed by atoms with Crippen LogP contribution in [0.2, 0.25) is 0 Å². The topological polar surface area (TPSA) is 29.9 Å². The average molecular weight is 216 g/mol. The summed E-state index contributed by atoms with van der Waals surface area (Å²) < 4.78 is 1.94. The van der Waals surface area contributed by atoms with Gasteiger partial charge < -0.3 is 9.88 Å². The van der Waals surface area contributed by atoms with Crippen molar-refractivity contribution in [1.29, 1.82) is 0 Å². The van der Waals surface area contributed by atoms with Crippen molar-refractivity contribution in [3.63, 3.8) is 0 Å². The molecule has 14 heavy (non-hydrogen) atoms. The van der Waals surface area contributed by atoms with Crippen LogP contribution in [0, 0.1) is 5.92 Å². The van der Waals surface area contributed by atoms with E-state index in [1.807, 2.05) is 17.8 Å². The van der Waals surface area contributed by atoms with Crippen LogP contribution in [-0.2, 0) is 7.05 Å². The second-order valence-electron chi connectivity index (χ2n) is 3.97. The van der Waals surface area contributed by atoms with Gasteiger partial charge in [0.2, 0.25) is 5.95 Å². The molecule has 1 N–H and O–H groups in total. The van der Waals surface area contributed by atoms with E-state index in [1.54, 1.807) is 6.20 Å². The van der Waals surface area contributed by atoms with Crippen molar-refractivity contribution in [3.05, 3.63) is 12.4 Å². The zero-order chi connectivity index (χ0) is 10.6. The van der Waals surface area contributed by atoms with Crippen molar-refractivity contribution >= 4 is 17.5 Å². The fourth-order valence-corrected chi connectivity index (χ4v) is 1.77. The molecule has 1 atom stereocenters. The number of aryl methyl sites for hydroxylation is 1. The van der Waals surface area contributed by atoms with E-state index in [9.17, 15) is 0 Å². The number of imidazole rings is 1. The van der Waals surface area contributed by atoms with Crippen molar-refractivity contribution in [2.75, 3.05) is 11.9 Å². The monoisotopic (exact) mass is 215 g/mol. The highest BCUT2D eigenvalue weighted by molar-refractivity contribution is 6.20. The number of rotatable bonds is 5. The van der Waals surface area contributed by atoms with Crippen LogP contribution < -0.4 is 5.32 Å². The summed E-state index contributed by atoms with van der Waals surface area (Å²) in [6.07, 6.45) is 4.71. The molecular weight excluding hydrogens is 198 g/mol. The summed E-state index contributed by atoms with van der Waals surface area (Å²) in [5, 5.41) is 3.39. The Morgan fingerprint density at radius 3 is 2.79 bits per heavy atom. The normalized spacial score (nSPS) is 13.2. The molecule has 0 aliphatic heterocycles. The molecule has 4 heteroatoms. The first-order chi connectivity index (χ1) is 6.59. The SMILES string of the molecule is CC(C)CC(Cl)CNc1nccn1C. The molecule has 0 radical (unpaired) electrons. The molecule has 0 bridgehead atoms. The van der Waals surface area contributed by atoms with Crippen LogP contribution in [0.3, 0.4) is 0 Å². The number of hydrogen-bond donors (Lipinski definition) is 1. The molecule has 0 amide bonds. The fourth-order valence-electron chi connectivity index (χ4n) is 1.33. The summed E-state index contributed by atoms with van der Waals surface area (Å²) in [5.74, 6) is 1.51. The lowest BCUT2D eigenvalue weighted by molar-refractivity contribution is 0.571. The number of anilines is 1. The van der Waals surface area contributed by atoms with Crippen LogP contribution in [0.1, 0.15) is 20.3 Å². The lowest BCUT2D eigenvalue weighted by Crippen LogP contribution is -2.18. The van der Waals surface area contributed by atoms with Crippen LogP contribution >= 0.6 is 11.6 Å². The van der Waals surface area contributed by atoms with Crippen LogP contribution in [-0.4, -0.2) is 21.5 Å². The molecule has 0 saturated heterocycles. The molecular formula is C10H18ClN3. The molecule has 1 rings (SSSR count). The summed E-state index contributed by atoms with van der Waals surface area (Å²) in [6, 6.07) is 0. The van der Waals surface area contributed by atoms with Gasteiger partial charge in [-0.15, -0.1) is 11.6 Å². The van der Waals surface area contributed by atoms with E-state index >= 15 is 0 Å². The van der Waals surface area contributed by atoms with Crippen molar-refractivity contribution in [1.82, 2.24) is 9.55 Å². The Bertz CT molecular complexity index is 270. The highest BCUT2D eigenvalue weighted by Gasteiger charge is 2.07. The molecule has 0 spiro atoms. The molecule has 3 nitrogen and oxygen atoms in total. The predicted octanol–water partition coefficient (Wildman–Crippen LogP) is 2.49. The van der Waals surface area contributed by atoms with Crippen molar-refractivity contribution in [3.8, 4) is 0 Å². The maximum Gasteiger partial charge on any atom is 0.202 e. The molecule has 1 aromatic heterocycles. The number of nitrogens with zero attached hydrogens (tertiary/aromatic N) is 2. The van der Waals surface area contributed by atoms with E-state index in [1.165, 1.54) is 0 Å². The minimum atomic E-state index is 0.173. The Hall–Kier alpha value is -0.700. The summed E-state index contributed by atoms with van der Waals surface area (Å²) in [7, 11) is 1.96. The van der Waals surface area contributed by atoms with Crippen molar-refractivity contribution < 1.29 is 0 Å². The van der Waals surface area contributed by atoms with Gasteiger partial charge in [-0.1, -0.05) is 13.8 Å². The number of nitrogens with one attached hydrogen (secondary N) is 1. The minimum Gasteiger partial charge on any atom is -0.354 e. The van der Waals surface area contributed by atoms with Crippen LogP contribution in [0.15, 0.2) is 12.4 Å². The summed E-state index contributed by atoms with van der Waals surface area (Å²) in [4.78, 5) is 4.16. The summed E-state index contributed by atoms with van der Waals surface area (Å²) >= 11 is 6.15. The molecule has 0 aromatic carbocycles. The first kappa shape index (κ1) is 11.4. The van der Waals surface area contributed by atoms with Gasteiger partial charge in [-0.05, 0) is 12.3 Å². The first-order valence-corrected chi connectivity index (χ1v) is 5.38. The highest BCUT2D eigenvalue weighted by Crippen LogP contribution is 2.11. The van der Waals surface area contributed by atoms with Gasteiger partial charge in [0.05, 0.1) is 5.38 Å². The second kappa shape index (κ2) is 5.25. The average Bonchev–Trinajstić information content (AvgIpc) is 2.46. The van der Waals surface area contributed by atoms with Crippen molar-refractivity contribution in [2.24, 2.45) is 13.0 Å². The second-order valence-corrected chi connectivity index (χ2v) is 4.59. The molecule has 0 aliphatic rings. The third kappa shape index (κ3) is 3.58. The lowest BCUT2D eigenvalue weighted by Gasteiger charge is -2.13. The number of alkyl halides is 1. The number of aromatic nitrogens is 2.